The number of carbonyl (C=O) groups is 1. The summed E-state index contributed by atoms with van der Waals surface area (Å²) < 4.78 is 32.1. The van der Waals surface area contributed by atoms with Crippen LogP contribution < -0.4 is 9.47 Å². The minimum absolute atomic E-state index is 0.129. The molecule has 0 saturated carbocycles. The van der Waals surface area contributed by atoms with Crippen LogP contribution in [0.15, 0.2) is 59.0 Å². The van der Waals surface area contributed by atoms with E-state index in [2.05, 4.69) is 0 Å². The molecule has 0 spiro atoms. The zero-order chi connectivity index (χ0) is 23.5. The summed E-state index contributed by atoms with van der Waals surface area (Å²) in [7, 11) is 4.97. The average Bonchev–Trinajstić information content (AvgIpc) is 3.33. The van der Waals surface area contributed by atoms with E-state index in [-0.39, 0.29) is 11.7 Å². The van der Waals surface area contributed by atoms with Crippen LogP contribution in [0, 0.1) is 12.7 Å². The van der Waals surface area contributed by atoms with Gasteiger partial charge in [-0.1, -0.05) is 18.2 Å². The lowest BCUT2D eigenvalue weighted by molar-refractivity contribution is 0.0787. The molecule has 0 radical (unpaired) electrons. The normalized spacial score (nSPS) is 11.1. The van der Waals surface area contributed by atoms with Crippen molar-refractivity contribution in [3.63, 3.8) is 0 Å². The predicted molar refractivity (Wildman–Crippen MR) is 125 cm³/mol. The lowest BCUT2D eigenvalue weighted by atomic mass is 10.1. The van der Waals surface area contributed by atoms with Crippen LogP contribution in [0.4, 0.5) is 4.39 Å². The molecular weight excluding hydrogens is 423 g/mol. The number of amides is 1. The van der Waals surface area contributed by atoms with Crippen molar-refractivity contribution in [3.05, 3.63) is 83.0 Å². The van der Waals surface area contributed by atoms with Gasteiger partial charge in [0.05, 0.1) is 19.7 Å². The SMILES string of the molecule is COc1ccc(CCN(C)C(=O)c2cc3oc(C)cc3n2Cc2cccc(F)c2)cc1OC. The first kappa shape index (κ1) is 22.5. The Kier molecular flexibility index (Phi) is 6.40. The van der Waals surface area contributed by atoms with Gasteiger partial charge in [0, 0.05) is 32.3 Å². The number of furan rings is 1. The Morgan fingerprint density at radius 2 is 1.82 bits per heavy atom. The van der Waals surface area contributed by atoms with Gasteiger partial charge in [0.25, 0.3) is 5.91 Å². The third-order valence-electron chi connectivity index (χ3n) is 5.69. The summed E-state index contributed by atoms with van der Waals surface area (Å²) in [5.41, 5.74) is 3.76. The lowest BCUT2D eigenvalue weighted by Gasteiger charge is -2.19. The largest absolute Gasteiger partial charge is 0.493 e. The van der Waals surface area contributed by atoms with E-state index < -0.39 is 0 Å². The number of halogens is 1. The van der Waals surface area contributed by atoms with Gasteiger partial charge in [-0.15, -0.1) is 0 Å². The zero-order valence-electron chi connectivity index (χ0n) is 19.2. The summed E-state index contributed by atoms with van der Waals surface area (Å²) in [6.07, 6.45) is 0.655. The van der Waals surface area contributed by atoms with Crippen molar-refractivity contribution in [3.8, 4) is 11.5 Å². The molecule has 0 fully saturated rings. The van der Waals surface area contributed by atoms with E-state index >= 15 is 0 Å². The Hall–Kier alpha value is -3.74. The first-order chi connectivity index (χ1) is 15.9. The van der Waals surface area contributed by atoms with Crippen LogP contribution >= 0.6 is 0 Å². The summed E-state index contributed by atoms with van der Waals surface area (Å²) in [6, 6.07) is 15.8. The Labute approximate surface area is 192 Å². The molecule has 0 atom stereocenters. The number of ether oxygens (including phenoxy) is 2. The van der Waals surface area contributed by atoms with Crippen LogP contribution in [0.25, 0.3) is 11.1 Å². The zero-order valence-corrected chi connectivity index (χ0v) is 19.2. The molecule has 0 bridgehead atoms. The van der Waals surface area contributed by atoms with E-state index in [1.807, 2.05) is 41.8 Å². The van der Waals surface area contributed by atoms with Crippen LogP contribution in [0.3, 0.4) is 0 Å². The minimum atomic E-state index is -0.306. The number of likely N-dealkylation sites (N-methyl/N-ethyl adjacent to an activating group) is 1. The molecule has 0 aliphatic heterocycles. The fourth-order valence-electron chi connectivity index (χ4n) is 3.96. The van der Waals surface area contributed by atoms with Gasteiger partial charge in [0.15, 0.2) is 17.1 Å². The van der Waals surface area contributed by atoms with Gasteiger partial charge in [0.1, 0.15) is 17.3 Å². The molecule has 6 nitrogen and oxygen atoms in total. The molecule has 2 aromatic heterocycles. The predicted octanol–water partition coefficient (Wildman–Crippen LogP) is 5.06. The molecule has 0 N–H and O–H groups in total. The number of fused-ring (bicyclic) bond motifs is 1. The smallest absolute Gasteiger partial charge is 0.270 e. The number of aryl methyl sites for hydroxylation is 1. The molecule has 0 unspecified atom stereocenters. The molecular formula is C26H27FN2O4. The quantitative estimate of drug-likeness (QED) is 0.376. The van der Waals surface area contributed by atoms with Gasteiger partial charge in [-0.3, -0.25) is 4.79 Å². The molecule has 2 heterocycles. The molecule has 1 amide bonds. The van der Waals surface area contributed by atoms with Crippen LogP contribution in [0.2, 0.25) is 0 Å². The van der Waals surface area contributed by atoms with E-state index in [9.17, 15) is 9.18 Å². The number of benzene rings is 2. The highest BCUT2D eigenvalue weighted by Crippen LogP contribution is 2.28. The average molecular weight is 451 g/mol. The first-order valence-electron chi connectivity index (χ1n) is 10.7. The van der Waals surface area contributed by atoms with E-state index in [0.29, 0.717) is 42.3 Å². The van der Waals surface area contributed by atoms with Gasteiger partial charge < -0.3 is 23.4 Å². The summed E-state index contributed by atoms with van der Waals surface area (Å²) in [5, 5.41) is 0. The van der Waals surface area contributed by atoms with Gasteiger partial charge in [-0.05, 0) is 48.7 Å². The van der Waals surface area contributed by atoms with Gasteiger partial charge in [-0.2, -0.15) is 0 Å². The summed E-state index contributed by atoms with van der Waals surface area (Å²) in [4.78, 5) is 15.0. The number of aromatic nitrogens is 1. The van der Waals surface area contributed by atoms with Gasteiger partial charge >= 0.3 is 0 Å². The second kappa shape index (κ2) is 9.40. The number of nitrogens with zero attached hydrogens (tertiary/aromatic N) is 2. The van der Waals surface area contributed by atoms with Crippen molar-refractivity contribution in [1.29, 1.82) is 0 Å². The van der Waals surface area contributed by atoms with Crippen molar-refractivity contribution >= 4 is 17.0 Å². The second-order valence-electron chi connectivity index (χ2n) is 8.02. The molecule has 7 heteroatoms. The Bertz CT molecular complexity index is 1290. The molecule has 172 valence electrons. The number of rotatable bonds is 8. The third kappa shape index (κ3) is 4.72. The Morgan fingerprint density at radius 1 is 1.03 bits per heavy atom. The molecule has 0 aliphatic carbocycles. The van der Waals surface area contributed by atoms with Crippen molar-refractivity contribution in [2.45, 2.75) is 19.9 Å². The molecule has 0 aliphatic rings. The van der Waals surface area contributed by atoms with E-state index in [4.69, 9.17) is 13.9 Å². The third-order valence-corrected chi connectivity index (χ3v) is 5.69. The second-order valence-corrected chi connectivity index (χ2v) is 8.02. The topological polar surface area (TPSA) is 56.8 Å². The highest BCUT2D eigenvalue weighted by molar-refractivity contribution is 5.97. The van der Waals surface area contributed by atoms with Crippen LogP contribution in [-0.2, 0) is 13.0 Å². The monoisotopic (exact) mass is 450 g/mol. The van der Waals surface area contributed by atoms with Crippen LogP contribution in [0.1, 0.15) is 27.4 Å². The van der Waals surface area contributed by atoms with Crippen LogP contribution in [0.5, 0.6) is 11.5 Å². The Balaban J connectivity index is 1.56. The minimum Gasteiger partial charge on any atom is -0.493 e. The maximum Gasteiger partial charge on any atom is 0.270 e. The highest BCUT2D eigenvalue weighted by atomic mass is 19.1. The molecule has 33 heavy (non-hydrogen) atoms. The summed E-state index contributed by atoms with van der Waals surface area (Å²) in [6.45, 7) is 2.74. The van der Waals surface area contributed by atoms with Gasteiger partial charge in [0.2, 0.25) is 0 Å². The van der Waals surface area contributed by atoms with Crippen molar-refractivity contribution < 1.29 is 23.1 Å². The summed E-state index contributed by atoms with van der Waals surface area (Å²) in [5.74, 6) is 1.64. The number of methoxy groups -OCH3 is 2. The summed E-state index contributed by atoms with van der Waals surface area (Å²) >= 11 is 0. The van der Waals surface area contributed by atoms with Crippen molar-refractivity contribution in [2.75, 3.05) is 27.8 Å². The van der Waals surface area contributed by atoms with Crippen molar-refractivity contribution in [1.82, 2.24) is 9.47 Å². The van der Waals surface area contributed by atoms with Crippen LogP contribution in [-0.4, -0.2) is 43.2 Å². The van der Waals surface area contributed by atoms with E-state index in [1.54, 1.807) is 38.3 Å². The number of hydrogen-bond donors (Lipinski definition) is 0. The maximum absolute atomic E-state index is 13.7. The first-order valence-corrected chi connectivity index (χ1v) is 10.7. The maximum atomic E-state index is 13.7. The van der Waals surface area contributed by atoms with Gasteiger partial charge in [-0.25, -0.2) is 4.39 Å². The molecule has 4 rings (SSSR count). The van der Waals surface area contributed by atoms with Crippen molar-refractivity contribution in [2.24, 2.45) is 0 Å². The number of hydrogen-bond acceptors (Lipinski definition) is 4. The lowest BCUT2D eigenvalue weighted by Crippen LogP contribution is -2.30. The van der Waals surface area contributed by atoms with E-state index in [1.165, 1.54) is 12.1 Å². The molecule has 2 aromatic carbocycles. The van der Waals surface area contributed by atoms with E-state index in [0.717, 1.165) is 22.4 Å². The standard InChI is InChI=1S/C26H27FN2O4/c1-17-12-21-24(33-17)15-22(29(21)16-19-6-5-7-20(27)13-19)26(30)28(2)11-10-18-8-9-23(31-3)25(14-18)32-4/h5-9,12-15H,10-11,16H2,1-4H3. The highest BCUT2D eigenvalue weighted by Gasteiger charge is 2.21. The molecule has 0 saturated heterocycles. The fourth-order valence-corrected chi connectivity index (χ4v) is 3.96. The number of carbonyl (C=O) groups excluding carboxylic acids is 1. The fraction of sp³-hybridized carbons (Fsp3) is 0.269. The molecule has 4 aromatic rings. The Morgan fingerprint density at radius 3 is 2.55 bits per heavy atom.